The van der Waals surface area contributed by atoms with Crippen LogP contribution in [0.5, 0.6) is 5.75 Å². The second-order valence-corrected chi connectivity index (χ2v) is 7.97. The Morgan fingerprint density at radius 3 is 2.47 bits per heavy atom. The number of carbonyl (C=O) groups is 2. The molecule has 1 aliphatic rings. The molecule has 160 valence electrons. The lowest BCUT2D eigenvalue weighted by atomic mass is 10.2. The Balaban J connectivity index is 1.64. The Morgan fingerprint density at radius 2 is 1.80 bits per heavy atom. The monoisotopic (exact) mass is 449 g/mol. The molecule has 6 nitrogen and oxygen atoms in total. The zero-order valence-electron chi connectivity index (χ0n) is 17.1. The van der Waals surface area contributed by atoms with Crippen LogP contribution in [-0.4, -0.2) is 49.5 Å². The van der Waals surface area contributed by atoms with Crippen LogP contribution in [0.25, 0.3) is 0 Å². The van der Waals surface area contributed by atoms with Crippen LogP contribution in [-0.2, 0) is 9.59 Å². The summed E-state index contributed by atoms with van der Waals surface area (Å²) in [4.78, 5) is 28.4. The van der Waals surface area contributed by atoms with Gasteiger partial charge in [0.1, 0.15) is 5.75 Å². The summed E-state index contributed by atoms with van der Waals surface area (Å²) in [5.41, 5.74) is 2.38. The van der Waals surface area contributed by atoms with Crippen molar-refractivity contribution in [1.29, 1.82) is 0 Å². The van der Waals surface area contributed by atoms with Crippen molar-refractivity contribution in [3.05, 3.63) is 52.0 Å². The molecule has 0 saturated carbocycles. The van der Waals surface area contributed by atoms with Crippen LogP contribution in [0.15, 0.2) is 36.4 Å². The van der Waals surface area contributed by atoms with Crippen molar-refractivity contribution in [2.45, 2.75) is 20.3 Å². The first-order valence-corrected chi connectivity index (χ1v) is 10.6. The lowest BCUT2D eigenvalue weighted by Gasteiger charge is -2.37. The molecule has 8 heteroatoms. The van der Waals surface area contributed by atoms with Crippen molar-refractivity contribution in [3.8, 4) is 5.75 Å². The maximum absolute atomic E-state index is 12.5. The second kappa shape index (κ2) is 10.0. The van der Waals surface area contributed by atoms with Crippen molar-refractivity contribution >= 4 is 46.4 Å². The second-order valence-electron chi connectivity index (χ2n) is 7.13. The third-order valence-corrected chi connectivity index (χ3v) is 5.67. The van der Waals surface area contributed by atoms with E-state index in [2.05, 4.69) is 10.2 Å². The number of piperazine rings is 1. The topological polar surface area (TPSA) is 61.9 Å². The van der Waals surface area contributed by atoms with Gasteiger partial charge in [0.25, 0.3) is 5.91 Å². The lowest BCUT2D eigenvalue weighted by molar-refractivity contribution is -0.131. The summed E-state index contributed by atoms with van der Waals surface area (Å²) >= 11 is 12.2. The summed E-state index contributed by atoms with van der Waals surface area (Å²) < 4.78 is 5.58. The zero-order chi connectivity index (χ0) is 21.7. The minimum absolute atomic E-state index is 0.133. The van der Waals surface area contributed by atoms with Gasteiger partial charge in [-0.15, -0.1) is 0 Å². The zero-order valence-corrected chi connectivity index (χ0v) is 18.6. The van der Waals surface area contributed by atoms with E-state index in [0.717, 1.165) is 11.3 Å². The molecule has 1 N–H and O–H groups in total. The SMILES string of the molecule is CCC(=O)N1CCN(c2ccc(Cl)cc2NC(=O)COc2ccc(Cl)c(C)c2)CC1. The largest absolute Gasteiger partial charge is 0.484 e. The van der Waals surface area contributed by atoms with E-state index in [1.807, 2.05) is 24.8 Å². The van der Waals surface area contributed by atoms with Gasteiger partial charge >= 0.3 is 0 Å². The van der Waals surface area contributed by atoms with Crippen LogP contribution in [0.1, 0.15) is 18.9 Å². The molecular formula is C22H25Cl2N3O3. The molecule has 0 bridgehead atoms. The first kappa shape index (κ1) is 22.2. The highest BCUT2D eigenvalue weighted by Gasteiger charge is 2.22. The Morgan fingerprint density at radius 1 is 1.07 bits per heavy atom. The number of nitrogens with one attached hydrogen (secondary N) is 1. The number of amides is 2. The number of ether oxygens (including phenoxy) is 1. The van der Waals surface area contributed by atoms with Gasteiger partial charge in [-0.1, -0.05) is 30.1 Å². The third-order valence-electron chi connectivity index (χ3n) is 5.01. The summed E-state index contributed by atoms with van der Waals surface area (Å²) in [7, 11) is 0. The summed E-state index contributed by atoms with van der Waals surface area (Å²) in [6.07, 6.45) is 0.509. The van der Waals surface area contributed by atoms with Crippen molar-refractivity contribution in [3.63, 3.8) is 0 Å². The molecule has 1 fully saturated rings. The normalized spacial score (nSPS) is 13.9. The van der Waals surface area contributed by atoms with Gasteiger partial charge in [0.2, 0.25) is 5.91 Å². The summed E-state index contributed by atoms with van der Waals surface area (Å²) in [6, 6.07) is 10.7. The van der Waals surface area contributed by atoms with Gasteiger partial charge in [0.05, 0.1) is 11.4 Å². The van der Waals surface area contributed by atoms with Gasteiger partial charge in [-0.2, -0.15) is 0 Å². The Labute approximate surface area is 186 Å². The van der Waals surface area contributed by atoms with E-state index in [9.17, 15) is 9.59 Å². The van der Waals surface area contributed by atoms with Gasteiger partial charge in [0.15, 0.2) is 6.61 Å². The first-order chi connectivity index (χ1) is 14.4. The number of nitrogens with zero attached hydrogens (tertiary/aromatic N) is 2. The average molecular weight is 450 g/mol. The van der Waals surface area contributed by atoms with Crippen LogP contribution in [0.3, 0.4) is 0 Å². The number of anilines is 2. The fraction of sp³-hybridized carbons (Fsp3) is 0.364. The third kappa shape index (κ3) is 5.58. The number of aryl methyl sites for hydroxylation is 1. The van der Waals surface area contributed by atoms with E-state index in [1.54, 1.807) is 30.3 Å². The molecule has 0 aliphatic carbocycles. The molecule has 2 aromatic carbocycles. The minimum Gasteiger partial charge on any atom is -0.484 e. The lowest BCUT2D eigenvalue weighted by Crippen LogP contribution is -2.48. The molecule has 0 spiro atoms. The van der Waals surface area contributed by atoms with Gasteiger partial charge < -0.3 is 19.9 Å². The van der Waals surface area contributed by atoms with E-state index in [4.69, 9.17) is 27.9 Å². The molecule has 0 unspecified atom stereocenters. The highest BCUT2D eigenvalue weighted by atomic mass is 35.5. The van der Waals surface area contributed by atoms with Gasteiger partial charge in [-0.3, -0.25) is 9.59 Å². The van der Waals surface area contributed by atoms with Gasteiger partial charge in [-0.25, -0.2) is 0 Å². The van der Waals surface area contributed by atoms with Crippen molar-refractivity contribution in [2.24, 2.45) is 0 Å². The van der Waals surface area contributed by atoms with E-state index in [1.165, 1.54) is 0 Å². The number of benzene rings is 2. The number of carbonyl (C=O) groups excluding carboxylic acids is 2. The van der Waals surface area contributed by atoms with Crippen molar-refractivity contribution in [1.82, 2.24) is 4.90 Å². The number of hydrogen-bond acceptors (Lipinski definition) is 4. The predicted octanol–water partition coefficient (Wildman–Crippen LogP) is 4.38. The first-order valence-electron chi connectivity index (χ1n) is 9.88. The Hall–Kier alpha value is -2.44. The van der Waals surface area contributed by atoms with Crippen LogP contribution in [0.2, 0.25) is 10.0 Å². The van der Waals surface area contributed by atoms with Crippen molar-refractivity contribution < 1.29 is 14.3 Å². The molecule has 0 atom stereocenters. The molecule has 2 aromatic rings. The molecule has 1 aliphatic heterocycles. The number of halogens is 2. The molecule has 3 rings (SSSR count). The van der Waals surface area contributed by atoms with Crippen LogP contribution >= 0.6 is 23.2 Å². The van der Waals surface area contributed by atoms with E-state index in [0.29, 0.717) is 54.1 Å². The fourth-order valence-corrected chi connectivity index (χ4v) is 3.64. The summed E-state index contributed by atoms with van der Waals surface area (Å²) in [6.45, 7) is 6.30. The van der Waals surface area contributed by atoms with E-state index in [-0.39, 0.29) is 18.4 Å². The Kier molecular flexibility index (Phi) is 7.45. The van der Waals surface area contributed by atoms with Crippen LogP contribution in [0.4, 0.5) is 11.4 Å². The molecule has 0 radical (unpaired) electrons. The fourth-order valence-electron chi connectivity index (χ4n) is 3.35. The van der Waals surface area contributed by atoms with Crippen LogP contribution in [0, 0.1) is 6.92 Å². The van der Waals surface area contributed by atoms with Crippen LogP contribution < -0.4 is 15.0 Å². The maximum Gasteiger partial charge on any atom is 0.262 e. The molecule has 30 heavy (non-hydrogen) atoms. The predicted molar refractivity (Wildman–Crippen MR) is 121 cm³/mol. The van der Waals surface area contributed by atoms with Gasteiger partial charge in [-0.05, 0) is 48.9 Å². The molecule has 2 amide bonds. The molecule has 1 heterocycles. The number of hydrogen-bond donors (Lipinski definition) is 1. The van der Waals surface area contributed by atoms with Gasteiger partial charge in [0, 0.05) is 42.6 Å². The molecular weight excluding hydrogens is 425 g/mol. The maximum atomic E-state index is 12.5. The van der Waals surface area contributed by atoms with E-state index < -0.39 is 0 Å². The Bertz CT molecular complexity index is 928. The smallest absolute Gasteiger partial charge is 0.262 e. The minimum atomic E-state index is -0.286. The van der Waals surface area contributed by atoms with E-state index >= 15 is 0 Å². The highest BCUT2D eigenvalue weighted by molar-refractivity contribution is 6.31. The average Bonchev–Trinajstić information content (AvgIpc) is 2.74. The van der Waals surface area contributed by atoms with Crippen molar-refractivity contribution in [2.75, 3.05) is 43.0 Å². The number of rotatable bonds is 6. The highest BCUT2D eigenvalue weighted by Crippen LogP contribution is 2.30. The molecule has 1 saturated heterocycles. The summed E-state index contributed by atoms with van der Waals surface area (Å²) in [5, 5.41) is 4.07. The quantitative estimate of drug-likeness (QED) is 0.710. The standard InChI is InChI=1S/C22H25Cl2N3O3/c1-3-22(29)27-10-8-26(9-11-27)20-7-4-16(23)13-19(20)25-21(28)14-30-17-5-6-18(24)15(2)12-17/h4-7,12-13H,3,8-11,14H2,1-2H3,(H,25,28). The molecule has 0 aromatic heterocycles. The summed E-state index contributed by atoms with van der Waals surface area (Å²) in [5.74, 6) is 0.454.